The van der Waals surface area contributed by atoms with Crippen LogP contribution in [0.4, 0.5) is 0 Å². The molecule has 0 aliphatic carbocycles. The van der Waals surface area contributed by atoms with Gasteiger partial charge < -0.3 is 19.5 Å². The molecule has 1 aromatic carbocycles. The maximum atomic E-state index is 5.46. The predicted molar refractivity (Wildman–Crippen MR) is 72.8 cm³/mol. The summed E-state index contributed by atoms with van der Waals surface area (Å²) in [6.07, 6.45) is 0.965. The smallest absolute Gasteiger partial charge is 0.131 e. The van der Waals surface area contributed by atoms with E-state index in [0.29, 0.717) is 0 Å². The normalized spacial score (nSPS) is 12.1. The molecule has 0 aromatic heterocycles. The summed E-state index contributed by atoms with van der Waals surface area (Å²) in [6.45, 7) is 5.12. The van der Waals surface area contributed by atoms with Crippen molar-refractivity contribution in [3.05, 3.63) is 17.7 Å². The Morgan fingerprint density at radius 1 is 1.00 bits per heavy atom. The minimum Gasteiger partial charge on any atom is -0.496 e. The van der Waals surface area contributed by atoms with Crippen molar-refractivity contribution in [3.8, 4) is 17.2 Å². The summed E-state index contributed by atoms with van der Waals surface area (Å²) in [5, 5.41) is 3.43. The Balaban J connectivity index is 3.28. The van der Waals surface area contributed by atoms with Crippen molar-refractivity contribution in [2.24, 2.45) is 0 Å². The maximum absolute atomic E-state index is 5.46. The summed E-state index contributed by atoms with van der Waals surface area (Å²) in [5.74, 6) is 2.32. The van der Waals surface area contributed by atoms with Gasteiger partial charge in [-0.2, -0.15) is 0 Å². The molecule has 102 valence electrons. The highest BCUT2D eigenvalue weighted by Crippen LogP contribution is 2.39. The second kappa shape index (κ2) is 7.11. The summed E-state index contributed by atoms with van der Waals surface area (Å²) < 4.78 is 16.2. The zero-order valence-electron chi connectivity index (χ0n) is 11.9. The van der Waals surface area contributed by atoms with Gasteiger partial charge >= 0.3 is 0 Å². The third-order valence-corrected chi connectivity index (χ3v) is 2.96. The zero-order chi connectivity index (χ0) is 13.5. The monoisotopic (exact) mass is 253 g/mol. The standard InChI is InChI=1S/C14H23NO3/c1-6-11(15-7-2)14-12(17-4)8-10(16-3)9-13(14)18-5/h8-9,11,15H,6-7H2,1-5H3. The van der Waals surface area contributed by atoms with Crippen molar-refractivity contribution in [3.63, 3.8) is 0 Å². The van der Waals surface area contributed by atoms with E-state index in [4.69, 9.17) is 14.2 Å². The quantitative estimate of drug-likeness (QED) is 0.811. The van der Waals surface area contributed by atoms with Gasteiger partial charge in [0, 0.05) is 18.2 Å². The molecule has 0 saturated carbocycles. The van der Waals surface area contributed by atoms with Crippen LogP contribution in [0.1, 0.15) is 31.9 Å². The highest BCUT2D eigenvalue weighted by molar-refractivity contribution is 5.52. The molecule has 1 rings (SSSR count). The van der Waals surface area contributed by atoms with Crippen LogP contribution in [0.3, 0.4) is 0 Å². The van der Waals surface area contributed by atoms with Crippen LogP contribution in [0.25, 0.3) is 0 Å². The number of methoxy groups -OCH3 is 3. The number of hydrogen-bond acceptors (Lipinski definition) is 4. The van der Waals surface area contributed by atoms with Gasteiger partial charge in [0.1, 0.15) is 17.2 Å². The van der Waals surface area contributed by atoms with Crippen LogP contribution in [-0.2, 0) is 0 Å². The van der Waals surface area contributed by atoms with E-state index >= 15 is 0 Å². The molecule has 1 unspecified atom stereocenters. The van der Waals surface area contributed by atoms with Gasteiger partial charge in [-0.3, -0.25) is 0 Å². The van der Waals surface area contributed by atoms with Crippen molar-refractivity contribution < 1.29 is 14.2 Å². The van der Waals surface area contributed by atoms with Crippen molar-refractivity contribution in [1.29, 1.82) is 0 Å². The first-order valence-corrected chi connectivity index (χ1v) is 6.25. The second-order valence-corrected chi connectivity index (χ2v) is 3.96. The Labute approximate surface area is 109 Å². The topological polar surface area (TPSA) is 39.7 Å². The van der Waals surface area contributed by atoms with Gasteiger partial charge in [0.05, 0.1) is 26.9 Å². The lowest BCUT2D eigenvalue weighted by atomic mass is 10.0. The van der Waals surface area contributed by atoms with Crippen LogP contribution in [0.15, 0.2) is 12.1 Å². The fourth-order valence-electron chi connectivity index (χ4n) is 2.07. The van der Waals surface area contributed by atoms with Crippen molar-refractivity contribution in [1.82, 2.24) is 5.32 Å². The predicted octanol–water partition coefficient (Wildman–Crippen LogP) is 2.77. The maximum Gasteiger partial charge on any atom is 0.131 e. The van der Waals surface area contributed by atoms with Crippen molar-refractivity contribution in [2.75, 3.05) is 27.9 Å². The lowest BCUT2D eigenvalue weighted by Crippen LogP contribution is -2.21. The molecule has 1 aromatic rings. The van der Waals surface area contributed by atoms with Crippen LogP contribution in [0.5, 0.6) is 17.2 Å². The van der Waals surface area contributed by atoms with Crippen molar-refractivity contribution >= 4 is 0 Å². The van der Waals surface area contributed by atoms with Crippen LogP contribution in [-0.4, -0.2) is 27.9 Å². The van der Waals surface area contributed by atoms with Gasteiger partial charge in [-0.25, -0.2) is 0 Å². The fraction of sp³-hybridized carbons (Fsp3) is 0.571. The van der Waals surface area contributed by atoms with Crippen LogP contribution in [0, 0.1) is 0 Å². The number of rotatable bonds is 7. The Morgan fingerprint density at radius 2 is 1.56 bits per heavy atom. The van der Waals surface area contributed by atoms with E-state index in [1.807, 2.05) is 12.1 Å². The molecular formula is C14H23NO3. The Bertz CT molecular complexity index is 354. The average molecular weight is 253 g/mol. The lowest BCUT2D eigenvalue weighted by molar-refractivity contribution is 0.356. The molecule has 4 heteroatoms. The lowest BCUT2D eigenvalue weighted by Gasteiger charge is -2.22. The highest BCUT2D eigenvalue weighted by Gasteiger charge is 2.20. The fourth-order valence-corrected chi connectivity index (χ4v) is 2.07. The van der Waals surface area contributed by atoms with Gasteiger partial charge in [-0.15, -0.1) is 0 Å². The summed E-state index contributed by atoms with van der Waals surface area (Å²) in [4.78, 5) is 0. The first kappa shape index (κ1) is 14.6. The van der Waals surface area contributed by atoms with E-state index in [0.717, 1.165) is 35.8 Å². The van der Waals surface area contributed by atoms with Gasteiger partial charge in [0.25, 0.3) is 0 Å². The van der Waals surface area contributed by atoms with E-state index in [1.165, 1.54) is 0 Å². The molecule has 0 bridgehead atoms. The minimum atomic E-state index is 0.214. The molecule has 1 N–H and O–H groups in total. The van der Waals surface area contributed by atoms with Crippen molar-refractivity contribution in [2.45, 2.75) is 26.3 Å². The molecule has 1 atom stereocenters. The largest absolute Gasteiger partial charge is 0.496 e. The molecule has 0 aliphatic heterocycles. The van der Waals surface area contributed by atoms with Crippen LogP contribution < -0.4 is 19.5 Å². The Morgan fingerprint density at radius 3 is 1.89 bits per heavy atom. The first-order valence-electron chi connectivity index (χ1n) is 6.25. The van der Waals surface area contributed by atoms with E-state index in [1.54, 1.807) is 21.3 Å². The average Bonchev–Trinajstić information content (AvgIpc) is 2.43. The number of benzene rings is 1. The third kappa shape index (κ3) is 3.07. The molecule has 0 radical (unpaired) electrons. The molecule has 0 heterocycles. The Kier molecular flexibility index (Phi) is 5.78. The number of hydrogen-bond donors (Lipinski definition) is 1. The third-order valence-electron chi connectivity index (χ3n) is 2.96. The highest BCUT2D eigenvalue weighted by atomic mass is 16.5. The Hall–Kier alpha value is -1.42. The van der Waals surface area contributed by atoms with Crippen LogP contribution in [0.2, 0.25) is 0 Å². The van der Waals surface area contributed by atoms with Gasteiger partial charge in [-0.1, -0.05) is 13.8 Å². The van der Waals surface area contributed by atoms with E-state index in [-0.39, 0.29) is 6.04 Å². The van der Waals surface area contributed by atoms with E-state index in [2.05, 4.69) is 19.2 Å². The van der Waals surface area contributed by atoms with Gasteiger partial charge in [0.15, 0.2) is 0 Å². The van der Waals surface area contributed by atoms with Gasteiger partial charge in [0.2, 0.25) is 0 Å². The molecule has 0 saturated heterocycles. The number of nitrogens with one attached hydrogen (secondary N) is 1. The molecule has 0 spiro atoms. The van der Waals surface area contributed by atoms with Gasteiger partial charge in [-0.05, 0) is 13.0 Å². The summed E-state index contributed by atoms with van der Waals surface area (Å²) in [7, 11) is 4.96. The zero-order valence-corrected chi connectivity index (χ0v) is 11.9. The van der Waals surface area contributed by atoms with E-state index in [9.17, 15) is 0 Å². The molecule has 0 aliphatic rings. The minimum absolute atomic E-state index is 0.214. The second-order valence-electron chi connectivity index (χ2n) is 3.96. The molecule has 4 nitrogen and oxygen atoms in total. The molecule has 18 heavy (non-hydrogen) atoms. The SMILES string of the molecule is CCNC(CC)c1c(OC)cc(OC)cc1OC. The first-order chi connectivity index (χ1) is 8.71. The summed E-state index contributed by atoms with van der Waals surface area (Å²) in [6, 6.07) is 3.99. The molecular weight excluding hydrogens is 230 g/mol. The summed E-state index contributed by atoms with van der Waals surface area (Å²) >= 11 is 0. The number of ether oxygens (including phenoxy) is 3. The van der Waals surface area contributed by atoms with Crippen LogP contribution >= 0.6 is 0 Å². The molecule has 0 amide bonds. The summed E-state index contributed by atoms with van der Waals surface area (Å²) in [5.41, 5.74) is 1.05. The van der Waals surface area contributed by atoms with E-state index < -0.39 is 0 Å². The molecule has 0 fully saturated rings.